The fourth-order valence-corrected chi connectivity index (χ4v) is 1.26. The number of non-ortho nitro benzene ring substituents is 1. The minimum Gasteiger partial charge on any atom is -0.258 e. The average molecular weight is 187 g/mol. The van der Waals surface area contributed by atoms with Gasteiger partial charge in [0, 0.05) is 17.0 Å². The first-order chi connectivity index (χ1) is 5.65. The Balaban J connectivity index is 3.13. The lowest BCUT2D eigenvalue weighted by atomic mass is 10.3. The maximum atomic E-state index is 12.8. The molecule has 0 unspecified atom stereocenters. The molecule has 0 aliphatic carbocycles. The Morgan fingerprint density at radius 3 is 2.75 bits per heavy atom. The summed E-state index contributed by atoms with van der Waals surface area (Å²) >= 11 is 1.15. The SMILES string of the molecule is CSc1cc([N+](=O)[O-])ccc1F. The zero-order chi connectivity index (χ0) is 9.14. The van der Waals surface area contributed by atoms with E-state index < -0.39 is 10.7 Å². The quantitative estimate of drug-likeness (QED) is 0.405. The summed E-state index contributed by atoms with van der Waals surface area (Å²) in [4.78, 5) is 10.0. The van der Waals surface area contributed by atoms with Gasteiger partial charge in [-0.15, -0.1) is 11.8 Å². The molecule has 0 saturated heterocycles. The van der Waals surface area contributed by atoms with Crippen LogP contribution < -0.4 is 0 Å². The zero-order valence-electron chi connectivity index (χ0n) is 6.28. The Labute approximate surface area is 72.7 Å². The predicted octanol–water partition coefficient (Wildman–Crippen LogP) is 2.46. The van der Waals surface area contributed by atoms with Crippen LogP contribution in [0.4, 0.5) is 10.1 Å². The van der Waals surface area contributed by atoms with Crippen molar-refractivity contribution in [1.29, 1.82) is 0 Å². The number of rotatable bonds is 2. The van der Waals surface area contributed by atoms with Gasteiger partial charge in [0.05, 0.1) is 4.92 Å². The molecule has 64 valence electrons. The van der Waals surface area contributed by atoms with Crippen molar-refractivity contribution in [3.05, 3.63) is 34.1 Å². The van der Waals surface area contributed by atoms with Crippen LogP contribution in [0.5, 0.6) is 0 Å². The maximum Gasteiger partial charge on any atom is 0.270 e. The van der Waals surface area contributed by atoms with Crippen molar-refractivity contribution in [2.24, 2.45) is 0 Å². The Kier molecular flexibility index (Phi) is 2.65. The Morgan fingerprint density at radius 1 is 1.58 bits per heavy atom. The van der Waals surface area contributed by atoms with Crippen molar-refractivity contribution >= 4 is 17.4 Å². The van der Waals surface area contributed by atoms with E-state index in [1.807, 2.05) is 0 Å². The summed E-state index contributed by atoms with van der Waals surface area (Å²) in [7, 11) is 0. The van der Waals surface area contributed by atoms with Crippen LogP contribution in [0.1, 0.15) is 0 Å². The molecule has 3 nitrogen and oxygen atoms in total. The maximum absolute atomic E-state index is 12.8. The van der Waals surface area contributed by atoms with Crippen molar-refractivity contribution in [2.75, 3.05) is 6.26 Å². The first-order valence-electron chi connectivity index (χ1n) is 3.13. The van der Waals surface area contributed by atoms with Gasteiger partial charge in [0.1, 0.15) is 5.82 Å². The predicted molar refractivity (Wildman–Crippen MR) is 44.8 cm³/mol. The van der Waals surface area contributed by atoms with Crippen molar-refractivity contribution < 1.29 is 9.31 Å². The molecule has 1 rings (SSSR count). The molecule has 0 N–H and O–H groups in total. The lowest BCUT2D eigenvalue weighted by molar-refractivity contribution is -0.385. The highest BCUT2D eigenvalue weighted by Gasteiger charge is 2.09. The minimum atomic E-state index is -0.542. The Bertz CT molecular complexity index is 316. The summed E-state index contributed by atoms with van der Waals surface area (Å²) in [5.41, 5.74) is -0.0826. The molecule has 0 amide bonds. The number of nitro benzene ring substituents is 1. The molecule has 0 aliphatic rings. The van der Waals surface area contributed by atoms with Gasteiger partial charge in [-0.1, -0.05) is 0 Å². The largest absolute Gasteiger partial charge is 0.270 e. The van der Waals surface area contributed by atoms with Crippen LogP contribution in [0.3, 0.4) is 0 Å². The van der Waals surface area contributed by atoms with E-state index >= 15 is 0 Å². The third-order valence-electron chi connectivity index (χ3n) is 1.35. The molecule has 12 heavy (non-hydrogen) atoms. The molecule has 0 aliphatic heterocycles. The molecule has 0 spiro atoms. The monoisotopic (exact) mass is 187 g/mol. The highest BCUT2D eigenvalue weighted by atomic mass is 32.2. The average Bonchev–Trinajstić information content (AvgIpc) is 2.05. The second kappa shape index (κ2) is 3.53. The van der Waals surface area contributed by atoms with Crippen molar-refractivity contribution in [2.45, 2.75) is 4.90 Å². The lowest BCUT2D eigenvalue weighted by Crippen LogP contribution is -1.89. The molecule has 0 saturated carbocycles. The van der Waals surface area contributed by atoms with Gasteiger partial charge < -0.3 is 0 Å². The Hall–Kier alpha value is -1.10. The molecule has 0 atom stereocenters. The molecule has 0 radical (unpaired) electrons. The van der Waals surface area contributed by atoms with Crippen LogP contribution in [0.2, 0.25) is 0 Å². The van der Waals surface area contributed by atoms with E-state index in [4.69, 9.17) is 0 Å². The first kappa shape index (κ1) is 8.99. The summed E-state index contributed by atoms with van der Waals surface area (Å²) < 4.78 is 12.8. The molecular weight excluding hydrogens is 181 g/mol. The molecule has 0 bridgehead atoms. The molecule has 0 fully saturated rings. The number of nitrogens with zero attached hydrogens (tertiary/aromatic N) is 1. The van der Waals surface area contributed by atoms with Gasteiger partial charge in [-0.05, 0) is 12.3 Å². The van der Waals surface area contributed by atoms with Gasteiger partial charge in [-0.3, -0.25) is 10.1 Å². The number of halogens is 1. The standard InChI is InChI=1S/C7H6FNO2S/c1-12-7-4-5(9(10)11)2-3-6(7)8/h2-4H,1H3. The van der Waals surface area contributed by atoms with Gasteiger partial charge in [-0.2, -0.15) is 0 Å². The second-order valence-corrected chi connectivity index (χ2v) is 2.92. The molecule has 1 aromatic carbocycles. The second-order valence-electron chi connectivity index (χ2n) is 2.08. The fraction of sp³-hybridized carbons (Fsp3) is 0.143. The van der Waals surface area contributed by atoms with E-state index in [1.54, 1.807) is 6.26 Å². The summed E-state index contributed by atoms with van der Waals surface area (Å²) in [6.45, 7) is 0. The molecule has 5 heteroatoms. The minimum absolute atomic E-state index is 0.0826. The van der Waals surface area contributed by atoms with E-state index in [1.165, 1.54) is 6.07 Å². The molecular formula is C7H6FNO2S. The number of hydrogen-bond donors (Lipinski definition) is 0. The van der Waals surface area contributed by atoms with Gasteiger partial charge in [-0.25, -0.2) is 4.39 Å². The Morgan fingerprint density at radius 2 is 2.25 bits per heavy atom. The van der Waals surface area contributed by atoms with E-state index in [2.05, 4.69) is 0 Å². The van der Waals surface area contributed by atoms with Crippen LogP contribution in [-0.2, 0) is 0 Å². The molecule has 0 heterocycles. The first-order valence-corrected chi connectivity index (χ1v) is 4.35. The zero-order valence-corrected chi connectivity index (χ0v) is 7.10. The van der Waals surface area contributed by atoms with E-state index in [9.17, 15) is 14.5 Å². The van der Waals surface area contributed by atoms with E-state index in [0.29, 0.717) is 4.90 Å². The van der Waals surface area contributed by atoms with Crippen LogP contribution in [-0.4, -0.2) is 11.2 Å². The van der Waals surface area contributed by atoms with Gasteiger partial charge in [0.15, 0.2) is 0 Å². The smallest absolute Gasteiger partial charge is 0.258 e. The number of benzene rings is 1. The van der Waals surface area contributed by atoms with Crippen LogP contribution in [0, 0.1) is 15.9 Å². The van der Waals surface area contributed by atoms with Crippen LogP contribution in [0.25, 0.3) is 0 Å². The number of nitro groups is 1. The van der Waals surface area contributed by atoms with Crippen LogP contribution >= 0.6 is 11.8 Å². The highest BCUT2D eigenvalue weighted by molar-refractivity contribution is 7.98. The summed E-state index contributed by atoms with van der Waals surface area (Å²) in [5.74, 6) is -0.423. The summed E-state index contributed by atoms with van der Waals surface area (Å²) in [5, 5.41) is 10.3. The van der Waals surface area contributed by atoms with Gasteiger partial charge in [0.2, 0.25) is 0 Å². The summed E-state index contributed by atoms with van der Waals surface area (Å²) in [6, 6.07) is 3.47. The van der Waals surface area contributed by atoms with Crippen molar-refractivity contribution in [3.8, 4) is 0 Å². The normalized spacial score (nSPS) is 9.83. The van der Waals surface area contributed by atoms with Crippen molar-refractivity contribution in [3.63, 3.8) is 0 Å². The summed E-state index contributed by atoms with van der Waals surface area (Å²) in [6.07, 6.45) is 1.67. The van der Waals surface area contributed by atoms with Gasteiger partial charge in [0.25, 0.3) is 5.69 Å². The number of thioether (sulfide) groups is 1. The van der Waals surface area contributed by atoms with E-state index in [-0.39, 0.29) is 5.69 Å². The van der Waals surface area contributed by atoms with Gasteiger partial charge >= 0.3 is 0 Å². The third-order valence-corrected chi connectivity index (χ3v) is 2.10. The highest BCUT2D eigenvalue weighted by Crippen LogP contribution is 2.23. The molecule has 1 aromatic rings. The van der Waals surface area contributed by atoms with Crippen LogP contribution in [0.15, 0.2) is 23.1 Å². The molecule has 0 aromatic heterocycles. The topological polar surface area (TPSA) is 43.1 Å². The fourth-order valence-electron chi connectivity index (χ4n) is 0.762. The lowest BCUT2D eigenvalue weighted by Gasteiger charge is -1.97. The third kappa shape index (κ3) is 1.73. The van der Waals surface area contributed by atoms with Crippen molar-refractivity contribution in [1.82, 2.24) is 0 Å². The van der Waals surface area contributed by atoms with E-state index in [0.717, 1.165) is 23.9 Å². The number of hydrogen-bond acceptors (Lipinski definition) is 3.